The minimum absolute atomic E-state index is 0. The zero-order valence-electron chi connectivity index (χ0n) is 14.6. The highest BCUT2D eigenvalue weighted by Crippen LogP contribution is 2.16. The van der Waals surface area contributed by atoms with Crippen LogP contribution in [-0.4, -0.2) is 43.1 Å². The monoisotopic (exact) mass is 430 g/mol. The maximum atomic E-state index is 4.81. The van der Waals surface area contributed by atoms with Crippen LogP contribution in [0.1, 0.15) is 45.2 Å². The zero-order chi connectivity index (χ0) is 15.8. The molecule has 0 spiro atoms. The predicted molar refractivity (Wildman–Crippen MR) is 110 cm³/mol. The van der Waals surface area contributed by atoms with Gasteiger partial charge in [0.15, 0.2) is 5.96 Å². The molecule has 1 fully saturated rings. The number of benzene rings is 1. The molecule has 0 saturated carbocycles. The largest absolute Gasteiger partial charge is 0.357 e. The zero-order valence-corrected chi connectivity index (χ0v) is 16.9. The third kappa shape index (κ3) is 6.30. The smallest absolute Gasteiger partial charge is 0.191 e. The molecule has 1 aromatic rings. The number of nitrogens with zero attached hydrogens (tertiary/aromatic N) is 2. The standard InChI is InChI=1S/C18H30N4.HI/c1-4-19-18(20-14-17-12-9-13-22(17)5-2)21-15(3)16-10-7-6-8-11-16;/h6-8,10-11,15,17H,4-5,9,12-14H2,1-3H3,(H2,19,20,21);1H. The molecule has 1 aliphatic rings. The summed E-state index contributed by atoms with van der Waals surface area (Å²) in [5.41, 5.74) is 1.28. The Balaban J connectivity index is 0.00000264. The van der Waals surface area contributed by atoms with Crippen molar-refractivity contribution < 1.29 is 0 Å². The number of likely N-dealkylation sites (tertiary alicyclic amines) is 1. The molecule has 4 nitrogen and oxygen atoms in total. The molecule has 2 atom stereocenters. The molecule has 0 radical (unpaired) electrons. The highest BCUT2D eigenvalue weighted by atomic mass is 127. The summed E-state index contributed by atoms with van der Waals surface area (Å²) in [5.74, 6) is 0.918. The normalized spacial score (nSPS) is 20.0. The van der Waals surface area contributed by atoms with Crippen molar-refractivity contribution >= 4 is 29.9 Å². The van der Waals surface area contributed by atoms with Gasteiger partial charge >= 0.3 is 0 Å². The number of halogens is 1. The first-order valence-corrected chi connectivity index (χ1v) is 8.58. The van der Waals surface area contributed by atoms with Crippen LogP contribution in [0.4, 0.5) is 0 Å². The molecule has 0 aliphatic carbocycles. The van der Waals surface area contributed by atoms with Gasteiger partial charge in [-0.2, -0.15) is 0 Å². The molecule has 2 N–H and O–H groups in total. The lowest BCUT2D eigenvalue weighted by molar-refractivity contribution is 0.273. The van der Waals surface area contributed by atoms with E-state index in [0.29, 0.717) is 6.04 Å². The van der Waals surface area contributed by atoms with Gasteiger partial charge in [-0.15, -0.1) is 24.0 Å². The Morgan fingerprint density at radius 1 is 1.30 bits per heavy atom. The fourth-order valence-electron chi connectivity index (χ4n) is 3.07. The van der Waals surface area contributed by atoms with Crippen molar-refractivity contribution in [3.8, 4) is 0 Å². The van der Waals surface area contributed by atoms with Gasteiger partial charge in [-0.3, -0.25) is 9.89 Å². The molecule has 130 valence electrons. The van der Waals surface area contributed by atoms with Gasteiger partial charge in [0.2, 0.25) is 0 Å². The van der Waals surface area contributed by atoms with Crippen molar-refractivity contribution in [1.82, 2.24) is 15.5 Å². The van der Waals surface area contributed by atoms with Gasteiger partial charge in [-0.25, -0.2) is 0 Å². The first-order valence-electron chi connectivity index (χ1n) is 8.58. The summed E-state index contributed by atoms with van der Waals surface area (Å²) in [6, 6.07) is 11.4. The van der Waals surface area contributed by atoms with Gasteiger partial charge in [0.25, 0.3) is 0 Å². The van der Waals surface area contributed by atoms with Crippen molar-refractivity contribution in [2.75, 3.05) is 26.2 Å². The fourth-order valence-corrected chi connectivity index (χ4v) is 3.07. The fraction of sp³-hybridized carbons (Fsp3) is 0.611. The number of nitrogens with one attached hydrogen (secondary N) is 2. The number of rotatable bonds is 6. The Bertz CT molecular complexity index is 463. The summed E-state index contributed by atoms with van der Waals surface area (Å²) >= 11 is 0. The third-order valence-electron chi connectivity index (χ3n) is 4.36. The van der Waals surface area contributed by atoms with Gasteiger partial charge in [0, 0.05) is 12.6 Å². The summed E-state index contributed by atoms with van der Waals surface area (Å²) in [6.45, 7) is 10.6. The summed E-state index contributed by atoms with van der Waals surface area (Å²) in [7, 11) is 0. The molecule has 1 aromatic carbocycles. The molecule has 2 unspecified atom stereocenters. The minimum Gasteiger partial charge on any atom is -0.357 e. The Morgan fingerprint density at radius 2 is 2.04 bits per heavy atom. The Kier molecular flexibility index (Phi) is 9.55. The average molecular weight is 430 g/mol. The van der Waals surface area contributed by atoms with E-state index < -0.39 is 0 Å². The maximum absolute atomic E-state index is 4.81. The van der Waals surface area contributed by atoms with E-state index in [2.05, 4.69) is 66.6 Å². The van der Waals surface area contributed by atoms with Gasteiger partial charge in [-0.1, -0.05) is 37.3 Å². The van der Waals surface area contributed by atoms with Crippen molar-refractivity contribution in [3.63, 3.8) is 0 Å². The number of guanidine groups is 1. The first kappa shape index (κ1) is 20.2. The van der Waals surface area contributed by atoms with E-state index in [1.807, 2.05) is 0 Å². The molecule has 0 amide bonds. The highest BCUT2D eigenvalue weighted by Gasteiger charge is 2.22. The van der Waals surface area contributed by atoms with Crippen molar-refractivity contribution in [2.24, 2.45) is 4.99 Å². The predicted octanol–water partition coefficient (Wildman–Crippen LogP) is 3.41. The van der Waals surface area contributed by atoms with Crippen LogP contribution in [0, 0.1) is 0 Å². The molecule has 0 aromatic heterocycles. The van der Waals surface area contributed by atoms with E-state index in [9.17, 15) is 0 Å². The molecular formula is C18H31IN4. The van der Waals surface area contributed by atoms with E-state index in [1.54, 1.807) is 0 Å². The van der Waals surface area contributed by atoms with Crippen LogP contribution in [0.15, 0.2) is 35.3 Å². The Hall–Kier alpha value is -0.820. The van der Waals surface area contributed by atoms with Crippen LogP contribution in [0.2, 0.25) is 0 Å². The number of likely N-dealkylation sites (N-methyl/N-ethyl adjacent to an activating group) is 1. The van der Waals surface area contributed by atoms with Crippen molar-refractivity contribution in [1.29, 1.82) is 0 Å². The lowest BCUT2D eigenvalue weighted by Crippen LogP contribution is -2.40. The molecule has 5 heteroatoms. The maximum Gasteiger partial charge on any atom is 0.191 e. The van der Waals surface area contributed by atoms with E-state index >= 15 is 0 Å². The summed E-state index contributed by atoms with van der Waals surface area (Å²) in [4.78, 5) is 7.35. The van der Waals surface area contributed by atoms with Gasteiger partial charge in [0.1, 0.15) is 0 Å². The molecule has 1 saturated heterocycles. The van der Waals surface area contributed by atoms with Crippen LogP contribution in [-0.2, 0) is 0 Å². The van der Waals surface area contributed by atoms with Crippen molar-refractivity contribution in [3.05, 3.63) is 35.9 Å². The lowest BCUT2D eigenvalue weighted by atomic mass is 10.1. The Morgan fingerprint density at radius 3 is 2.70 bits per heavy atom. The second kappa shape index (κ2) is 10.9. The highest BCUT2D eigenvalue weighted by molar-refractivity contribution is 14.0. The van der Waals surface area contributed by atoms with Gasteiger partial charge in [-0.05, 0) is 45.3 Å². The first-order chi connectivity index (χ1) is 10.7. The average Bonchev–Trinajstić information content (AvgIpc) is 3.01. The second-order valence-corrected chi connectivity index (χ2v) is 5.92. The SMILES string of the molecule is CCNC(=NCC1CCCN1CC)NC(C)c1ccccc1.I. The molecule has 1 heterocycles. The molecule has 1 aliphatic heterocycles. The quantitative estimate of drug-likeness (QED) is 0.413. The molecule has 0 bridgehead atoms. The molecule has 23 heavy (non-hydrogen) atoms. The van der Waals surface area contributed by atoms with Gasteiger partial charge < -0.3 is 10.6 Å². The van der Waals surface area contributed by atoms with Crippen LogP contribution in [0.25, 0.3) is 0 Å². The van der Waals surface area contributed by atoms with E-state index in [-0.39, 0.29) is 30.0 Å². The van der Waals surface area contributed by atoms with Crippen LogP contribution < -0.4 is 10.6 Å². The van der Waals surface area contributed by atoms with E-state index in [1.165, 1.54) is 24.9 Å². The van der Waals surface area contributed by atoms with E-state index in [4.69, 9.17) is 4.99 Å². The number of hydrogen-bond donors (Lipinski definition) is 2. The third-order valence-corrected chi connectivity index (χ3v) is 4.36. The second-order valence-electron chi connectivity index (χ2n) is 5.92. The molecule has 2 rings (SSSR count). The number of aliphatic imine (C=N–C) groups is 1. The number of hydrogen-bond acceptors (Lipinski definition) is 2. The van der Waals surface area contributed by atoms with Gasteiger partial charge in [0.05, 0.1) is 12.6 Å². The summed E-state index contributed by atoms with van der Waals surface area (Å²) in [6.07, 6.45) is 2.57. The van der Waals surface area contributed by atoms with Crippen LogP contribution in [0.3, 0.4) is 0 Å². The van der Waals surface area contributed by atoms with Crippen LogP contribution in [0.5, 0.6) is 0 Å². The summed E-state index contributed by atoms with van der Waals surface area (Å²) < 4.78 is 0. The lowest BCUT2D eigenvalue weighted by Gasteiger charge is -2.22. The summed E-state index contributed by atoms with van der Waals surface area (Å²) in [5, 5.41) is 6.87. The minimum atomic E-state index is 0. The molecular weight excluding hydrogens is 399 g/mol. The van der Waals surface area contributed by atoms with Crippen molar-refractivity contribution in [2.45, 2.75) is 45.7 Å². The Labute approximate surface area is 158 Å². The van der Waals surface area contributed by atoms with Crippen LogP contribution >= 0.6 is 24.0 Å². The topological polar surface area (TPSA) is 39.7 Å². The van der Waals surface area contributed by atoms with E-state index in [0.717, 1.165) is 25.6 Å².